The molecule has 0 atom stereocenters. The van der Waals surface area contributed by atoms with Crippen molar-refractivity contribution in [1.29, 1.82) is 0 Å². The zero-order chi connectivity index (χ0) is 10.8. The van der Waals surface area contributed by atoms with Crippen LogP contribution in [0, 0.1) is 0 Å². The molecule has 3 nitrogen and oxygen atoms in total. The molecule has 1 amide bonds. The van der Waals surface area contributed by atoms with Crippen molar-refractivity contribution in [2.24, 2.45) is 0 Å². The van der Waals surface area contributed by atoms with Gasteiger partial charge in [-0.3, -0.25) is 4.79 Å². The monoisotopic (exact) mass is 204 g/mol. The first-order valence-electron chi connectivity index (χ1n) is 5.27. The predicted octanol–water partition coefficient (Wildman–Crippen LogP) is 1.75. The van der Waals surface area contributed by atoms with Crippen molar-refractivity contribution >= 4 is 11.6 Å². The van der Waals surface area contributed by atoms with Crippen molar-refractivity contribution in [2.45, 2.75) is 12.8 Å². The molecule has 1 aliphatic rings. The molecule has 0 saturated heterocycles. The van der Waals surface area contributed by atoms with E-state index >= 15 is 0 Å². The third-order valence-corrected chi connectivity index (χ3v) is 2.71. The molecule has 0 aliphatic carbocycles. The molecule has 1 heterocycles. The summed E-state index contributed by atoms with van der Waals surface area (Å²) in [6, 6.07) is 5.94. The van der Waals surface area contributed by atoms with Gasteiger partial charge < -0.3 is 10.2 Å². The Bertz CT molecular complexity index is 385. The number of para-hydroxylation sites is 1. The number of hydrogen-bond donors (Lipinski definition) is 1. The summed E-state index contributed by atoms with van der Waals surface area (Å²) >= 11 is 0. The molecule has 0 radical (unpaired) electrons. The fourth-order valence-corrected chi connectivity index (χ4v) is 1.93. The zero-order valence-electron chi connectivity index (χ0n) is 9.21. The van der Waals surface area contributed by atoms with Crippen LogP contribution in [0.1, 0.15) is 22.3 Å². The van der Waals surface area contributed by atoms with Crippen molar-refractivity contribution < 1.29 is 4.79 Å². The molecule has 15 heavy (non-hydrogen) atoms. The predicted molar refractivity (Wildman–Crippen MR) is 61.3 cm³/mol. The average molecular weight is 204 g/mol. The summed E-state index contributed by atoms with van der Waals surface area (Å²) in [5.74, 6) is 0.0706. The van der Waals surface area contributed by atoms with Gasteiger partial charge in [-0.1, -0.05) is 12.1 Å². The molecule has 1 aromatic rings. The number of nitrogens with one attached hydrogen (secondary N) is 1. The molecule has 1 aromatic carbocycles. The molecule has 2 rings (SSSR count). The van der Waals surface area contributed by atoms with Gasteiger partial charge in [-0.05, 0) is 24.5 Å². The minimum absolute atomic E-state index is 0.0706. The molecule has 0 unspecified atom stereocenters. The number of aryl methyl sites for hydroxylation is 1. The summed E-state index contributed by atoms with van der Waals surface area (Å²) in [5.41, 5.74) is 3.08. The standard InChI is InChI=1S/C12H16N2O/c1-14(2)12(15)10-7-3-5-9-6-4-8-13-11(9)10/h3,5,7,13H,4,6,8H2,1-2H3. The highest BCUT2D eigenvalue weighted by Gasteiger charge is 2.17. The van der Waals surface area contributed by atoms with Crippen LogP contribution in [0.2, 0.25) is 0 Å². The lowest BCUT2D eigenvalue weighted by Crippen LogP contribution is -2.24. The Balaban J connectivity index is 2.43. The van der Waals surface area contributed by atoms with E-state index in [0.717, 1.165) is 30.6 Å². The topological polar surface area (TPSA) is 32.3 Å². The molecule has 1 aliphatic heterocycles. The molecule has 0 spiro atoms. The lowest BCUT2D eigenvalue weighted by molar-refractivity contribution is 0.0828. The minimum atomic E-state index is 0.0706. The summed E-state index contributed by atoms with van der Waals surface area (Å²) in [6.07, 6.45) is 2.21. The Kier molecular flexibility index (Phi) is 2.62. The number of hydrogen-bond acceptors (Lipinski definition) is 2. The third kappa shape index (κ3) is 1.82. The summed E-state index contributed by atoms with van der Waals surface area (Å²) in [5, 5.41) is 3.32. The maximum absolute atomic E-state index is 11.9. The molecule has 0 fully saturated rings. The van der Waals surface area contributed by atoms with Gasteiger partial charge in [0.2, 0.25) is 0 Å². The van der Waals surface area contributed by atoms with Crippen molar-refractivity contribution in [3.63, 3.8) is 0 Å². The first kappa shape index (κ1) is 10.0. The quantitative estimate of drug-likeness (QED) is 0.755. The fourth-order valence-electron chi connectivity index (χ4n) is 1.93. The van der Waals surface area contributed by atoms with Crippen LogP contribution in [-0.4, -0.2) is 31.4 Å². The third-order valence-electron chi connectivity index (χ3n) is 2.71. The van der Waals surface area contributed by atoms with E-state index in [1.807, 2.05) is 12.1 Å². The van der Waals surface area contributed by atoms with Gasteiger partial charge in [-0.2, -0.15) is 0 Å². The van der Waals surface area contributed by atoms with Crippen molar-refractivity contribution in [3.05, 3.63) is 29.3 Å². The lowest BCUT2D eigenvalue weighted by Gasteiger charge is -2.22. The van der Waals surface area contributed by atoms with Gasteiger partial charge in [0.1, 0.15) is 0 Å². The number of benzene rings is 1. The van der Waals surface area contributed by atoms with Crippen LogP contribution in [0.5, 0.6) is 0 Å². The Hall–Kier alpha value is -1.51. The van der Waals surface area contributed by atoms with Gasteiger partial charge in [-0.15, -0.1) is 0 Å². The molecular weight excluding hydrogens is 188 g/mol. The fraction of sp³-hybridized carbons (Fsp3) is 0.417. The van der Waals surface area contributed by atoms with Gasteiger partial charge in [-0.25, -0.2) is 0 Å². The van der Waals surface area contributed by atoms with Gasteiger partial charge in [0.15, 0.2) is 0 Å². The van der Waals surface area contributed by atoms with E-state index in [9.17, 15) is 4.79 Å². The molecule has 3 heteroatoms. The van der Waals surface area contributed by atoms with Crippen molar-refractivity contribution in [2.75, 3.05) is 26.0 Å². The van der Waals surface area contributed by atoms with Crippen LogP contribution < -0.4 is 5.32 Å². The molecule has 80 valence electrons. The molecule has 0 bridgehead atoms. The second-order valence-electron chi connectivity index (χ2n) is 4.07. The van der Waals surface area contributed by atoms with E-state index in [2.05, 4.69) is 11.4 Å². The Labute approximate surface area is 90.1 Å². The maximum Gasteiger partial charge on any atom is 0.255 e. The Morgan fingerprint density at radius 3 is 2.93 bits per heavy atom. The van der Waals surface area contributed by atoms with Crippen molar-refractivity contribution in [1.82, 2.24) is 4.90 Å². The number of carbonyl (C=O) groups excluding carboxylic acids is 1. The minimum Gasteiger partial charge on any atom is -0.384 e. The van der Waals surface area contributed by atoms with Crippen molar-refractivity contribution in [3.8, 4) is 0 Å². The van der Waals surface area contributed by atoms with E-state index in [1.165, 1.54) is 5.56 Å². The van der Waals surface area contributed by atoms with Crippen LogP contribution >= 0.6 is 0 Å². The number of anilines is 1. The van der Waals surface area contributed by atoms with E-state index < -0.39 is 0 Å². The molecule has 1 N–H and O–H groups in total. The first-order valence-corrected chi connectivity index (χ1v) is 5.27. The smallest absolute Gasteiger partial charge is 0.255 e. The second kappa shape index (κ2) is 3.93. The molecule has 0 saturated carbocycles. The van der Waals surface area contributed by atoms with E-state index in [0.29, 0.717) is 0 Å². The lowest BCUT2D eigenvalue weighted by atomic mass is 9.99. The maximum atomic E-state index is 11.9. The number of fused-ring (bicyclic) bond motifs is 1. The number of rotatable bonds is 1. The van der Waals surface area contributed by atoms with E-state index in [-0.39, 0.29) is 5.91 Å². The average Bonchev–Trinajstić information content (AvgIpc) is 2.27. The summed E-state index contributed by atoms with van der Waals surface area (Å²) in [4.78, 5) is 13.5. The van der Waals surface area contributed by atoms with Crippen LogP contribution in [0.15, 0.2) is 18.2 Å². The normalized spacial score (nSPS) is 14.0. The molecule has 0 aromatic heterocycles. The molecular formula is C12H16N2O. The largest absolute Gasteiger partial charge is 0.384 e. The van der Waals surface area contributed by atoms with Gasteiger partial charge in [0.05, 0.1) is 11.3 Å². The highest BCUT2D eigenvalue weighted by atomic mass is 16.2. The Morgan fingerprint density at radius 2 is 2.20 bits per heavy atom. The van der Waals surface area contributed by atoms with E-state index in [1.54, 1.807) is 19.0 Å². The van der Waals surface area contributed by atoms with Gasteiger partial charge in [0, 0.05) is 20.6 Å². The van der Waals surface area contributed by atoms with Gasteiger partial charge in [0.25, 0.3) is 5.91 Å². The van der Waals surface area contributed by atoms with E-state index in [4.69, 9.17) is 0 Å². The summed E-state index contributed by atoms with van der Waals surface area (Å²) < 4.78 is 0. The summed E-state index contributed by atoms with van der Waals surface area (Å²) in [7, 11) is 3.56. The number of carbonyl (C=O) groups is 1. The Morgan fingerprint density at radius 1 is 1.40 bits per heavy atom. The number of nitrogens with zero attached hydrogens (tertiary/aromatic N) is 1. The van der Waals surface area contributed by atoms with Crippen LogP contribution in [0.4, 0.5) is 5.69 Å². The first-order chi connectivity index (χ1) is 7.20. The van der Waals surface area contributed by atoms with Crippen LogP contribution in [0.3, 0.4) is 0 Å². The zero-order valence-corrected chi connectivity index (χ0v) is 9.21. The van der Waals surface area contributed by atoms with Gasteiger partial charge >= 0.3 is 0 Å². The highest BCUT2D eigenvalue weighted by molar-refractivity contribution is 6.00. The van der Waals surface area contributed by atoms with Crippen LogP contribution in [-0.2, 0) is 6.42 Å². The highest BCUT2D eigenvalue weighted by Crippen LogP contribution is 2.26. The second-order valence-corrected chi connectivity index (χ2v) is 4.07. The summed E-state index contributed by atoms with van der Waals surface area (Å²) in [6.45, 7) is 0.963. The SMILES string of the molecule is CN(C)C(=O)c1cccc2c1NCCC2. The number of amides is 1. The van der Waals surface area contributed by atoms with Crippen LogP contribution in [0.25, 0.3) is 0 Å².